The average Bonchev–Trinajstić information content (AvgIpc) is 2.59. The molecule has 2 amide bonds. The zero-order valence-corrected chi connectivity index (χ0v) is 13.1. The number of primary amides is 1. The van der Waals surface area contributed by atoms with E-state index in [9.17, 15) is 18.8 Å². The largest absolute Gasteiger partial charge is 0.452 e. The van der Waals surface area contributed by atoms with Crippen molar-refractivity contribution in [2.45, 2.75) is 12.8 Å². The van der Waals surface area contributed by atoms with Crippen LogP contribution in [0.25, 0.3) is 6.08 Å². The van der Waals surface area contributed by atoms with E-state index >= 15 is 0 Å². The van der Waals surface area contributed by atoms with Crippen molar-refractivity contribution in [3.63, 3.8) is 0 Å². The van der Waals surface area contributed by atoms with Gasteiger partial charge in [-0.3, -0.25) is 9.59 Å². The highest BCUT2D eigenvalue weighted by molar-refractivity contribution is 5.89. The number of ether oxygens (including phenoxy) is 1. The fraction of sp³-hybridized carbons (Fsp3) is 0.353. The molecule has 1 aliphatic heterocycles. The van der Waals surface area contributed by atoms with E-state index in [1.165, 1.54) is 23.1 Å². The second-order valence-corrected chi connectivity index (χ2v) is 5.54. The van der Waals surface area contributed by atoms with Gasteiger partial charge in [0, 0.05) is 24.7 Å². The normalized spacial score (nSPS) is 17.7. The maximum absolute atomic E-state index is 13.4. The van der Waals surface area contributed by atoms with E-state index in [2.05, 4.69) is 0 Å². The van der Waals surface area contributed by atoms with E-state index in [-0.39, 0.29) is 23.9 Å². The molecule has 0 radical (unpaired) electrons. The van der Waals surface area contributed by atoms with Crippen molar-refractivity contribution >= 4 is 23.9 Å². The lowest BCUT2D eigenvalue weighted by molar-refractivity contribution is -0.149. The van der Waals surface area contributed by atoms with Gasteiger partial charge in [-0.05, 0) is 25.0 Å². The first-order valence-corrected chi connectivity index (χ1v) is 7.64. The molecule has 1 aliphatic rings. The third kappa shape index (κ3) is 4.91. The van der Waals surface area contributed by atoms with Gasteiger partial charge in [-0.1, -0.05) is 18.2 Å². The van der Waals surface area contributed by atoms with E-state index in [1.807, 2.05) is 0 Å². The van der Waals surface area contributed by atoms with Crippen LogP contribution < -0.4 is 5.73 Å². The maximum Gasteiger partial charge on any atom is 0.331 e. The zero-order chi connectivity index (χ0) is 17.5. The summed E-state index contributed by atoms with van der Waals surface area (Å²) in [6.07, 6.45) is 3.69. The molecule has 6 nitrogen and oxygen atoms in total. The van der Waals surface area contributed by atoms with Gasteiger partial charge in [0.15, 0.2) is 6.61 Å². The number of piperidine rings is 1. The summed E-state index contributed by atoms with van der Waals surface area (Å²) in [5, 5.41) is 0. The second kappa shape index (κ2) is 8.24. The van der Waals surface area contributed by atoms with Crippen molar-refractivity contribution in [3.8, 4) is 0 Å². The van der Waals surface area contributed by atoms with Gasteiger partial charge in [-0.15, -0.1) is 0 Å². The number of esters is 1. The van der Waals surface area contributed by atoms with Gasteiger partial charge in [0.25, 0.3) is 5.91 Å². The molecule has 1 fully saturated rings. The van der Waals surface area contributed by atoms with Gasteiger partial charge in [0.05, 0.1) is 5.92 Å². The van der Waals surface area contributed by atoms with E-state index in [4.69, 9.17) is 10.5 Å². The number of likely N-dealkylation sites (tertiary alicyclic amines) is 1. The molecule has 0 unspecified atom stereocenters. The minimum atomic E-state index is -0.741. The monoisotopic (exact) mass is 334 g/mol. The molecular formula is C17H19FN2O4. The summed E-state index contributed by atoms with van der Waals surface area (Å²) < 4.78 is 18.3. The molecule has 7 heteroatoms. The molecule has 1 aromatic carbocycles. The van der Waals surface area contributed by atoms with Crippen LogP contribution in [0.1, 0.15) is 18.4 Å². The summed E-state index contributed by atoms with van der Waals surface area (Å²) in [6.45, 7) is 0.327. The molecule has 1 aromatic rings. The van der Waals surface area contributed by atoms with Gasteiger partial charge >= 0.3 is 5.97 Å². The molecule has 128 valence electrons. The van der Waals surface area contributed by atoms with Crippen LogP contribution >= 0.6 is 0 Å². The summed E-state index contributed by atoms with van der Waals surface area (Å²) in [5.41, 5.74) is 5.51. The van der Waals surface area contributed by atoms with Crippen LogP contribution in [0.4, 0.5) is 4.39 Å². The van der Waals surface area contributed by atoms with Crippen LogP contribution in [0.5, 0.6) is 0 Å². The fourth-order valence-electron chi connectivity index (χ4n) is 2.48. The maximum atomic E-state index is 13.4. The summed E-state index contributed by atoms with van der Waals surface area (Å²) in [7, 11) is 0. The van der Waals surface area contributed by atoms with Crippen LogP contribution in [0.15, 0.2) is 30.3 Å². The SMILES string of the molecule is NC(=O)[C@@H]1CCCN(C(=O)COC(=O)/C=C/c2ccccc2F)C1. The van der Waals surface area contributed by atoms with E-state index in [0.717, 1.165) is 6.08 Å². The average molecular weight is 334 g/mol. The Bertz CT molecular complexity index is 660. The Morgan fingerprint density at radius 3 is 2.79 bits per heavy atom. The Hall–Kier alpha value is -2.70. The lowest BCUT2D eigenvalue weighted by Gasteiger charge is -2.30. The quantitative estimate of drug-likeness (QED) is 0.645. The number of carbonyl (C=O) groups is 3. The van der Waals surface area contributed by atoms with Crippen LogP contribution in [0.2, 0.25) is 0 Å². The van der Waals surface area contributed by atoms with Crippen LogP contribution in [0, 0.1) is 11.7 Å². The molecule has 2 N–H and O–H groups in total. The van der Waals surface area contributed by atoms with Crippen molar-refractivity contribution in [1.29, 1.82) is 0 Å². The number of rotatable bonds is 5. The van der Waals surface area contributed by atoms with Crippen LogP contribution in [-0.4, -0.2) is 42.4 Å². The Balaban J connectivity index is 1.82. The van der Waals surface area contributed by atoms with E-state index in [1.54, 1.807) is 12.1 Å². The number of hydrogen-bond acceptors (Lipinski definition) is 4. The Labute approximate surface area is 139 Å². The topological polar surface area (TPSA) is 89.7 Å². The third-order valence-corrected chi connectivity index (χ3v) is 3.82. The lowest BCUT2D eigenvalue weighted by atomic mass is 9.97. The summed E-state index contributed by atoms with van der Waals surface area (Å²) in [5.74, 6) is -2.37. The summed E-state index contributed by atoms with van der Waals surface area (Å²) in [4.78, 5) is 36.3. The Kier molecular flexibility index (Phi) is 6.06. The number of nitrogens with zero attached hydrogens (tertiary/aromatic N) is 1. The number of hydrogen-bond donors (Lipinski definition) is 1. The highest BCUT2D eigenvalue weighted by atomic mass is 19.1. The predicted molar refractivity (Wildman–Crippen MR) is 84.9 cm³/mol. The smallest absolute Gasteiger partial charge is 0.331 e. The molecule has 2 rings (SSSR count). The molecular weight excluding hydrogens is 315 g/mol. The first kappa shape index (κ1) is 17.7. The van der Waals surface area contributed by atoms with Crippen LogP contribution in [-0.2, 0) is 19.1 Å². The molecule has 0 bridgehead atoms. The van der Waals surface area contributed by atoms with Gasteiger partial charge in [-0.25, -0.2) is 9.18 Å². The van der Waals surface area contributed by atoms with Gasteiger partial charge in [-0.2, -0.15) is 0 Å². The molecule has 0 aliphatic carbocycles. The molecule has 0 aromatic heterocycles. The summed E-state index contributed by atoms with van der Waals surface area (Å²) >= 11 is 0. The van der Waals surface area contributed by atoms with Gasteiger partial charge in [0.1, 0.15) is 5.82 Å². The minimum Gasteiger partial charge on any atom is -0.452 e. The molecule has 1 saturated heterocycles. The first-order chi connectivity index (χ1) is 11.5. The fourth-order valence-corrected chi connectivity index (χ4v) is 2.48. The number of carbonyl (C=O) groups excluding carboxylic acids is 3. The lowest BCUT2D eigenvalue weighted by Crippen LogP contribution is -2.45. The minimum absolute atomic E-state index is 0.247. The standard InChI is InChI=1S/C17H19FN2O4/c18-14-6-2-1-4-12(14)7-8-16(22)24-11-15(21)20-9-3-5-13(10-20)17(19)23/h1-2,4,6-8,13H,3,5,9-11H2,(H2,19,23)/b8-7+/t13-/m1/s1. The molecule has 1 atom stereocenters. The third-order valence-electron chi connectivity index (χ3n) is 3.82. The van der Waals surface area contributed by atoms with Crippen LogP contribution in [0.3, 0.4) is 0 Å². The molecule has 1 heterocycles. The molecule has 24 heavy (non-hydrogen) atoms. The number of benzene rings is 1. The number of amides is 2. The first-order valence-electron chi connectivity index (χ1n) is 7.64. The molecule has 0 spiro atoms. The zero-order valence-electron chi connectivity index (χ0n) is 13.1. The number of halogens is 1. The predicted octanol–water partition coefficient (Wildman–Crippen LogP) is 1.11. The van der Waals surface area contributed by atoms with E-state index < -0.39 is 24.3 Å². The van der Waals surface area contributed by atoms with Gasteiger partial charge < -0.3 is 15.4 Å². The van der Waals surface area contributed by atoms with Crippen molar-refractivity contribution in [2.24, 2.45) is 11.7 Å². The Morgan fingerprint density at radius 2 is 2.08 bits per heavy atom. The highest BCUT2D eigenvalue weighted by Gasteiger charge is 2.27. The second-order valence-electron chi connectivity index (χ2n) is 5.54. The summed E-state index contributed by atoms with van der Waals surface area (Å²) in [6, 6.07) is 5.98. The van der Waals surface area contributed by atoms with Crippen molar-refractivity contribution < 1.29 is 23.5 Å². The van der Waals surface area contributed by atoms with Crippen molar-refractivity contribution in [1.82, 2.24) is 4.90 Å². The van der Waals surface area contributed by atoms with E-state index in [0.29, 0.717) is 19.4 Å². The molecule has 0 saturated carbocycles. The van der Waals surface area contributed by atoms with Gasteiger partial charge in [0.2, 0.25) is 5.91 Å². The Morgan fingerprint density at radius 1 is 1.33 bits per heavy atom. The highest BCUT2D eigenvalue weighted by Crippen LogP contribution is 2.16. The van der Waals surface area contributed by atoms with Crippen molar-refractivity contribution in [3.05, 3.63) is 41.7 Å². The number of nitrogens with two attached hydrogens (primary N) is 1. The van der Waals surface area contributed by atoms with Crippen molar-refractivity contribution in [2.75, 3.05) is 19.7 Å².